The van der Waals surface area contributed by atoms with Crippen molar-refractivity contribution in [2.45, 2.75) is 25.9 Å². The van der Waals surface area contributed by atoms with E-state index in [2.05, 4.69) is 0 Å². The number of ether oxygens (including phenoxy) is 2. The van der Waals surface area contributed by atoms with Gasteiger partial charge in [-0.15, -0.1) is 0 Å². The van der Waals surface area contributed by atoms with Crippen LogP contribution in [0, 0.1) is 5.92 Å². The molecule has 1 fully saturated rings. The summed E-state index contributed by atoms with van der Waals surface area (Å²) in [6.07, 6.45) is 1.76. The minimum atomic E-state index is -0.417. The first-order chi connectivity index (χ1) is 8.25. The molecule has 94 valence electrons. The van der Waals surface area contributed by atoms with Gasteiger partial charge in [-0.3, -0.25) is 0 Å². The van der Waals surface area contributed by atoms with Gasteiger partial charge in [0.2, 0.25) is 0 Å². The average molecular weight is 236 g/mol. The van der Waals surface area contributed by atoms with Crippen molar-refractivity contribution in [3.05, 3.63) is 29.8 Å². The molecule has 0 aliphatic carbocycles. The molecule has 0 bridgehead atoms. The van der Waals surface area contributed by atoms with Crippen molar-refractivity contribution in [1.82, 2.24) is 0 Å². The maximum Gasteiger partial charge on any atom is 0.119 e. The molecule has 0 saturated carbocycles. The van der Waals surface area contributed by atoms with Gasteiger partial charge < -0.3 is 14.6 Å². The van der Waals surface area contributed by atoms with Gasteiger partial charge in [-0.2, -0.15) is 0 Å². The fraction of sp³-hybridized carbons (Fsp3) is 0.571. The van der Waals surface area contributed by atoms with E-state index in [1.54, 1.807) is 6.92 Å². The van der Waals surface area contributed by atoms with Crippen LogP contribution in [0.2, 0.25) is 0 Å². The molecule has 1 aromatic rings. The van der Waals surface area contributed by atoms with E-state index in [9.17, 15) is 5.11 Å². The lowest BCUT2D eigenvalue weighted by atomic mass is 10.0. The summed E-state index contributed by atoms with van der Waals surface area (Å²) in [5.74, 6) is 1.49. The third-order valence-electron chi connectivity index (χ3n) is 3.19. The Labute approximate surface area is 102 Å². The molecule has 1 aliphatic rings. The van der Waals surface area contributed by atoms with E-state index in [-0.39, 0.29) is 0 Å². The predicted molar refractivity (Wildman–Crippen MR) is 66.1 cm³/mol. The van der Waals surface area contributed by atoms with Gasteiger partial charge in [-0.25, -0.2) is 0 Å². The van der Waals surface area contributed by atoms with E-state index < -0.39 is 6.10 Å². The highest BCUT2D eigenvalue weighted by atomic mass is 16.5. The summed E-state index contributed by atoms with van der Waals surface area (Å²) in [6.45, 7) is 4.24. The molecular weight excluding hydrogens is 216 g/mol. The summed E-state index contributed by atoms with van der Waals surface area (Å²) in [6, 6.07) is 7.65. The normalized spacial score (nSPS) is 18.9. The summed E-state index contributed by atoms with van der Waals surface area (Å²) >= 11 is 0. The van der Waals surface area contributed by atoms with Crippen molar-refractivity contribution in [3.63, 3.8) is 0 Å². The highest BCUT2D eigenvalue weighted by Gasteiger charge is 2.14. The maximum atomic E-state index is 9.39. The van der Waals surface area contributed by atoms with Crippen LogP contribution in [0.3, 0.4) is 0 Å². The van der Waals surface area contributed by atoms with Gasteiger partial charge >= 0.3 is 0 Å². The molecule has 1 saturated heterocycles. The number of rotatable bonds is 4. The quantitative estimate of drug-likeness (QED) is 0.873. The summed E-state index contributed by atoms with van der Waals surface area (Å²) in [4.78, 5) is 0. The van der Waals surface area contributed by atoms with E-state index in [0.29, 0.717) is 5.92 Å². The Kier molecular flexibility index (Phi) is 4.40. The molecule has 1 N–H and O–H groups in total. The first-order valence-corrected chi connectivity index (χ1v) is 6.24. The van der Waals surface area contributed by atoms with Gasteiger partial charge in [0, 0.05) is 13.2 Å². The molecule has 3 heteroatoms. The Morgan fingerprint density at radius 1 is 1.29 bits per heavy atom. The second kappa shape index (κ2) is 6.03. The molecular formula is C14H20O3. The van der Waals surface area contributed by atoms with Crippen LogP contribution in [0.1, 0.15) is 31.4 Å². The maximum absolute atomic E-state index is 9.39. The van der Waals surface area contributed by atoms with Crippen molar-refractivity contribution in [1.29, 1.82) is 0 Å². The van der Waals surface area contributed by atoms with E-state index >= 15 is 0 Å². The zero-order valence-electron chi connectivity index (χ0n) is 10.3. The monoisotopic (exact) mass is 236 g/mol. The standard InChI is InChI=1S/C14H20O3/c1-11(15)13-2-4-14(5-3-13)17-10-12-6-8-16-9-7-12/h2-5,11-12,15H,6-10H2,1H3/t11-/m1/s1. The zero-order chi connectivity index (χ0) is 12.1. The fourth-order valence-electron chi connectivity index (χ4n) is 1.97. The second-order valence-electron chi connectivity index (χ2n) is 4.61. The molecule has 0 radical (unpaired) electrons. The van der Waals surface area contributed by atoms with E-state index in [1.807, 2.05) is 24.3 Å². The lowest BCUT2D eigenvalue weighted by Crippen LogP contribution is -2.21. The topological polar surface area (TPSA) is 38.7 Å². The summed E-state index contributed by atoms with van der Waals surface area (Å²) in [5.41, 5.74) is 0.920. The van der Waals surface area contributed by atoms with E-state index in [4.69, 9.17) is 9.47 Å². The van der Waals surface area contributed by atoms with Crippen LogP contribution in [-0.2, 0) is 4.74 Å². The molecule has 1 aromatic carbocycles. The Morgan fingerprint density at radius 3 is 2.53 bits per heavy atom. The zero-order valence-corrected chi connectivity index (χ0v) is 10.3. The van der Waals surface area contributed by atoms with Crippen molar-refractivity contribution >= 4 is 0 Å². The second-order valence-corrected chi connectivity index (χ2v) is 4.61. The van der Waals surface area contributed by atoms with Crippen LogP contribution < -0.4 is 4.74 Å². The van der Waals surface area contributed by atoms with Crippen LogP contribution in [-0.4, -0.2) is 24.9 Å². The minimum Gasteiger partial charge on any atom is -0.493 e. The highest BCUT2D eigenvalue weighted by Crippen LogP contribution is 2.20. The van der Waals surface area contributed by atoms with Crippen molar-refractivity contribution < 1.29 is 14.6 Å². The minimum absolute atomic E-state index is 0.417. The summed E-state index contributed by atoms with van der Waals surface area (Å²) < 4.78 is 11.1. The molecule has 3 nitrogen and oxygen atoms in total. The van der Waals surface area contributed by atoms with Gasteiger partial charge in [-0.05, 0) is 43.4 Å². The van der Waals surface area contributed by atoms with Crippen molar-refractivity contribution in [2.24, 2.45) is 5.92 Å². The van der Waals surface area contributed by atoms with Gasteiger partial charge in [0.15, 0.2) is 0 Å². The molecule has 1 atom stereocenters. The Hall–Kier alpha value is -1.06. The lowest BCUT2D eigenvalue weighted by Gasteiger charge is -2.22. The smallest absolute Gasteiger partial charge is 0.119 e. The van der Waals surface area contributed by atoms with Gasteiger partial charge in [0.05, 0.1) is 12.7 Å². The molecule has 1 aliphatic heterocycles. The number of hydrogen-bond donors (Lipinski definition) is 1. The van der Waals surface area contributed by atoms with Crippen LogP contribution in [0.25, 0.3) is 0 Å². The Bertz CT molecular complexity index is 326. The van der Waals surface area contributed by atoms with Crippen LogP contribution in [0.15, 0.2) is 24.3 Å². The third-order valence-corrected chi connectivity index (χ3v) is 3.19. The molecule has 1 heterocycles. The van der Waals surface area contributed by atoms with Gasteiger partial charge in [0.1, 0.15) is 5.75 Å². The van der Waals surface area contributed by atoms with Crippen LogP contribution in [0.5, 0.6) is 5.75 Å². The Balaban J connectivity index is 1.82. The summed E-state index contributed by atoms with van der Waals surface area (Å²) in [5, 5.41) is 9.39. The van der Waals surface area contributed by atoms with Gasteiger partial charge in [0.25, 0.3) is 0 Å². The molecule has 0 aromatic heterocycles. The van der Waals surface area contributed by atoms with E-state index in [1.165, 1.54) is 0 Å². The fourth-order valence-corrected chi connectivity index (χ4v) is 1.97. The third kappa shape index (κ3) is 3.72. The molecule has 0 spiro atoms. The molecule has 0 unspecified atom stereocenters. The van der Waals surface area contributed by atoms with Gasteiger partial charge in [-0.1, -0.05) is 12.1 Å². The number of aliphatic hydroxyl groups excluding tert-OH is 1. The molecule has 2 rings (SSSR count). The lowest BCUT2D eigenvalue weighted by molar-refractivity contribution is 0.0497. The first kappa shape index (κ1) is 12.4. The molecule has 17 heavy (non-hydrogen) atoms. The number of aliphatic hydroxyl groups is 1. The van der Waals surface area contributed by atoms with Crippen LogP contribution >= 0.6 is 0 Å². The van der Waals surface area contributed by atoms with Crippen LogP contribution in [0.4, 0.5) is 0 Å². The van der Waals surface area contributed by atoms with Crippen molar-refractivity contribution in [3.8, 4) is 5.75 Å². The predicted octanol–water partition coefficient (Wildman–Crippen LogP) is 2.55. The summed E-state index contributed by atoms with van der Waals surface area (Å²) in [7, 11) is 0. The SMILES string of the molecule is C[C@@H](O)c1ccc(OCC2CCOCC2)cc1. The van der Waals surface area contributed by atoms with Crippen molar-refractivity contribution in [2.75, 3.05) is 19.8 Å². The highest BCUT2D eigenvalue weighted by molar-refractivity contribution is 5.28. The Morgan fingerprint density at radius 2 is 1.94 bits per heavy atom. The van der Waals surface area contributed by atoms with E-state index in [0.717, 1.165) is 44.0 Å². The molecule has 0 amide bonds. The first-order valence-electron chi connectivity index (χ1n) is 6.24. The largest absolute Gasteiger partial charge is 0.493 e. The number of benzene rings is 1. The average Bonchev–Trinajstić information content (AvgIpc) is 2.38. The number of hydrogen-bond acceptors (Lipinski definition) is 3.